The summed E-state index contributed by atoms with van der Waals surface area (Å²) in [7, 11) is 1.77. The van der Waals surface area contributed by atoms with Crippen LogP contribution in [0, 0.1) is 6.92 Å². The molecule has 2 N–H and O–H groups in total. The van der Waals surface area contributed by atoms with Crippen LogP contribution in [0.2, 0.25) is 0 Å². The number of hydrogen-bond acceptors (Lipinski definition) is 3. The molecule has 0 fully saturated rings. The summed E-state index contributed by atoms with van der Waals surface area (Å²) < 4.78 is 1.59. The summed E-state index contributed by atoms with van der Waals surface area (Å²) in [5.41, 5.74) is 8.99. The molecule has 0 atom stereocenters. The molecule has 0 unspecified atom stereocenters. The van der Waals surface area contributed by atoms with Gasteiger partial charge in [-0.3, -0.25) is 9.48 Å². The van der Waals surface area contributed by atoms with Crippen LogP contribution in [0.15, 0.2) is 24.3 Å². The molecule has 0 saturated carbocycles. The highest BCUT2D eigenvalue weighted by atomic mass is 16.1. The lowest BCUT2D eigenvalue weighted by Crippen LogP contribution is -1.97. The number of carbonyl (C=O) groups excluding carboxylic acids is 1. The largest absolute Gasteiger partial charge is 0.384 e. The van der Waals surface area contributed by atoms with E-state index in [1.165, 1.54) is 0 Å². The van der Waals surface area contributed by atoms with Gasteiger partial charge in [0.1, 0.15) is 5.82 Å². The van der Waals surface area contributed by atoms with Gasteiger partial charge in [-0.25, -0.2) is 0 Å². The van der Waals surface area contributed by atoms with Crippen molar-refractivity contribution in [3.8, 4) is 11.3 Å². The fourth-order valence-electron chi connectivity index (χ4n) is 1.61. The van der Waals surface area contributed by atoms with Gasteiger partial charge in [0, 0.05) is 24.2 Å². The maximum Gasteiger partial charge on any atom is 0.150 e. The fraction of sp³-hybridized carbons (Fsp3) is 0.167. The Labute approximate surface area is 93.7 Å². The molecule has 1 aromatic carbocycles. The maximum absolute atomic E-state index is 10.9. The van der Waals surface area contributed by atoms with E-state index in [0.717, 1.165) is 23.1 Å². The van der Waals surface area contributed by atoms with E-state index in [2.05, 4.69) is 5.10 Å². The number of aldehydes is 1. The Kier molecular flexibility index (Phi) is 2.48. The van der Waals surface area contributed by atoms with Crippen molar-refractivity contribution >= 4 is 12.1 Å². The second kappa shape index (κ2) is 3.81. The van der Waals surface area contributed by atoms with Crippen LogP contribution < -0.4 is 5.73 Å². The molecular weight excluding hydrogens is 202 g/mol. The number of carbonyl (C=O) groups is 1. The Bertz CT molecular complexity index is 524. The van der Waals surface area contributed by atoms with Crippen LogP contribution >= 0.6 is 0 Å². The lowest BCUT2D eigenvalue weighted by atomic mass is 10.0. The molecule has 1 aromatic heterocycles. The van der Waals surface area contributed by atoms with Crippen LogP contribution in [0.25, 0.3) is 11.3 Å². The molecule has 0 bridgehead atoms. The second-order valence-corrected chi connectivity index (χ2v) is 3.79. The monoisotopic (exact) mass is 215 g/mol. The summed E-state index contributed by atoms with van der Waals surface area (Å²) >= 11 is 0. The summed E-state index contributed by atoms with van der Waals surface area (Å²) in [4.78, 5) is 10.9. The molecule has 16 heavy (non-hydrogen) atoms. The first kappa shape index (κ1) is 10.4. The van der Waals surface area contributed by atoms with Crippen molar-refractivity contribution in [2.45, 2.75) is 6.92 Å². The van der Waals surface area contributed by atoms with Crippen LogP contribution in [0.4, 0.5) is 5.82 Å². The van der Waals surface area contributed by atoms with Crippen molar-refractivity contribution in [2.75, 3.05) is 5.73 Å². The molecule has 0 amide bonds. The van der Waals surface area contributed by atoms with E-state index in [0.29, 0.717) is 11.4 Å². The minimum Gasteiger partial charge on any atom is -0.384 e. The van der Waals surface area contributed by atoms with Crippen LogP contribution in [0.3, 0.4) is 0 Å². The average molecular weight is 215 g/mol. The number of benzene rings is 1. The highest BCUT2D eigenvalue weighted by molar-refractivity contribution is 5.87. The van der Waals surface area contributed by atoms with E-state index in [-0.39, 0.29) is 0 Å². The normalized spacial score (nSPS) is 10.4. The van der Waals surface area contributed by atoms with Gasteiger partial charge in [-0.1, -0.05) is 17.7 Å². The van der Waals surface area contributed by atoms with Crippen LogP contribution in [0.5, 0.6) is 0 Å². The highest BCUT2D eigenvalue weighted by Crippen LogP contribution is 2.24. The SMILES string of the molecule is Cc1ccc(C=O)c(-c2cc(N)n(C)n2)c1. The van der Waals surface area contributed by atoms with E-state index in [1.807, 2.05) is 19.1 Å². The topological polar surface area (TPSA) is 60.9 Å². The number of nitrogens with zero attached hydrogens (tertiary/aromatic N) is 2. The van der Waals surface area contributed by atoms with Crippen LogP contribution in [0.1, 0.15) is 15.9 Å². The minimum atomic E-state index is 0.577. The number of rotatable bonds is 2. The Morgan fingerprint density at radius 3 is 2.69 bits per heavy atom. The van der Waals surface area contributed by atoms with Crippen molar-refractivity contribution < 1.29 is 4.79 Å². The zero-order valence-electron chi connectivity index (χ0n) is 9.27. The van der Waals surface area contributed by atoms with Gasteiger partial charge >= 0.3 is 0 Å². The third kappa shape index (κ3) is 1.69. The van der Waals surface area contributed by atoms with Crippen molar-refractivity contribution in [3.63, 3.8) is 0 Å². The van der Waals surface area contributed by atoms with E-state index in [9.17, 15) is 4.79 Å². The van der Waals surface area contributed by atoms with Gasteiger partial charge in [0.05, 0.1) is 5.69 Å². The van der Waals surface area contributed by atoms with Gasteiger partial charge < -0.3 is 5.73 Å². The molecule has 0 aliphatic rings. The number of aromatic nitrogens is 2. The molecule has 4 heteroatoms. The molecular formula is C12H13N3O. The number of nitrogens with two attached hydrogens (primary N) is 1. The molecule has 0 aliphatic carbocycles. The number of nitrogen functional groups attached to an aromatic ring is 1. The molecule has 0 aliphatic heterocycles. The van der Waals surface area contributed by atoms with Crippen LogP contribution in [-0.2, 0) is 7.05 Å². The summed E-state index contributed by atoms with van der Waals surface area (Å²) in [5.74, 6) is 0.577. The van der Waals surface area contributed by atoms with Crippen molar-refractivity contribution in [2.24, 2.45) is 7.05 Å². The third-order valence-electron chi connectivity index (χ3n) is 2.53. The van der Waals surface area contributed by atoms with E-state index in [4.69, 9.17) is 5.73 Å². The standard InChI is InChI=1S/C12H13N3O/c1-8-3-4-9(7-16)10(5-8)11-6-12(13)15(2)14-11/h3-7H,13H2,1-2H3. The van der Waals surface area contributed by atoms with Gasteiger partial charge in [0.2, 0.25) is 0 Å². The number of hydrogen-bond donors (Lipinski definition) is 1. The Morgan fingerprint density at radius 1 is 1.38 bits per heavy atom. The minimum absolute atomic E-state index is 0.577. The quantitative estimate of drug-likeness (QED) is 0.777. The zero-order valence-corrected chi connectivity index (χ0v) is 9.27. The van der Waals surface area contributed by atoms with Gasteiger partial charge in [-0.2, -0.15) is 5.10 Å². The summed E-state index contributed by atoms with van der Waals surface area (Å²) in [5, 5.41) is 4.26. The number of aryl methyl sites for hydroxylation is 2. The summed E-state index contributed by atoms with van der Waals surface area (Å²) in [6, 6.07) is 7.40. The lowest BCUT2D eigenvalue weighted by Gasteiger charge is -2.02. The lowest BCUT2D eigenvalue weighted by molar-refractivity contribution is 0.112. The average Bonchev–Trinajstić information content (AvgIpc) is 2.59. The van der Waals surface area contributed by atoms with Crippen molar-refractivity contribution in [1.82, 2.24) is 9.78 Å². The molecule has 2 rings (SSSR count). The first-order valence-electron chi connectivity index (χ1n) is 4.97. The zero-order chi connectivity index (χ0) is 11.7. The molecule has 0 spiro atoms. The van der Waals surface area contributed by atoms with Crippen molar-refractivity contribution in [3.05, 3.63) is 35.4 Å². The molecule has 82 valence electrons. The smallest absolute Gasteiger partial charge is 0.150 e. The summed E-state index contributed by atoms with van der Waals surface area (Å²) in [6.45, 7) is 1.98. The van der Waals surface area contributed by atoms with Gasteiger partial charge in [-0.05, 0) is 13.0 Å². The van der Waals surface area contributed by atoms with Crippen molar-refractivity contribution in [1.29, 1.82) is 0 Å². The Hall–Kier alpha value is -2.10. The third-order valence-corrected chi connectivity index (χ3v) is 2.53. The first-order chi connectivity index (χ1) is 7.61. The van der Waals surface area contributed by atoms with Crippen LogP contribution in [-0.4, -0.2) is 16.1 Å². The van der Waals surface area contributed by atoms with E-state index < -0.39 is 0 Å². The Balaban J connectivity index is 2.62. The van der Waals surface area contributed by atoms with E-state index >= 15 is 0 Å². The predicted octanol–water partition coefficient (Wildman–Crippen LogP) is 1.79. The Morgan fingerprint density at radius 2 is 2.12 bits per heavy atom. The first-order valence-corrected chi connectivity index (χ1v) is 4.97. The molecule has 2 aromatic rings. The van der Waals surface area contributed by atoms with Gasteiger partial charge in [0.15, 0.2) is 6.29 Å². The van der Waals surface area contributed by atoms with E-state index in [1.54, 1.807) is 23.9 Å². The fourth-order valence-corrected chi connectivity index (χ4v) is 1.61. The summed E-state index contributed by atoms with van der Waals surface area (Å²) in [6.07, 6.45) is 0.833. The van der Waals surface area contributed by atoms with Gasteiger partial charge in [0.25, 0.3) is 0 Å². The van der Waals surface area contributed by atoms with Gasteiger partial charge in [-0.15, -0.1) is 0 Å². The molecule has 0 saturated heterocycles. The highest BCUT2D eigenvalue weighted by Gasteiger charge is 2.09. The predicted molar refractivity (Wildman–Crippen MR) is 63.2 cm³/mol. The molecule has 0 radical (unpaired) electrons. The molecule has 1 heterocycles. The maximum atomic E-state index is 10.9. The molecule has 4 nitrogen and oxygen atoms in total. The number of anilines is 1. The second-order valence-electron chi connectivity index (χ2n) is 3.79.